The monoisotopic (exact) mass is 343 g/mol. The smallest absolute Gasteiger partial charge is 0.337 e. The lowest BCUT2D eigenvalue weighted by molar-refractivity contribution is -0.124. The summed E-state index contributed by atoms with van der Waals surface area (Å²) in [6.07, 6.45) is 5.33. The molecule has 1 aliphatic heterocycles. The van der Waals surface area contributed by atoms with Crippen molar-refractivity contribution in [3.8, 4) is 0 Å². The first-order valence-electron chi connectivity index (χ1n) is 8.08. The van der Waals surface area contributed by atoms with Crippen LogP contribution in [0.15, 0.2) is 30.4 Å². The number of anilines is 1. The maximum Gasteiger partial charge on any atom is 0.337 e. The van der Waals surface area contributed by atoms with Gasteiger partial charge in [0.15, 0.2) is 0 Å². The summed E-state index contributed by atoms with van der Waals surface area (Å²) in [5.74, 6) is -0.783. The summed E-state index contributed by atoms with van der Waals surface area (Å²) >= 11 is 5.89. The standard InChI is InChI=1S/C18H14ClNO4/c19-13-4-1-7(5-12(13)18(23)24)20-16(21)14-8-2-3-9(11-6-10(8)11)15(14)17(20)22/h1-5,8-11,14-15H,6H2,(H,23,24)/t8-,9-,10-,11+,14-,15+/m0/s1. The SMILES string of the molecule is O=C(O)c1cc(N2C(=O)[C@@H]3[C@H]4C=C[C@@H]([C@@H]5C[C@H]45)[C@@H]3C2=O)ccc1Cl. The van der Waals surface area contributed by atoms with Gasteiger partial charge in [-0.3, -0.25) is 9.59 Å². The summed E-state index contributed by atoms with van der Waals surface area (Å²) in [6, 6.07) is 4.28. The van der Waals surface area contributed by atoms with Crippen molar-refractivity contribution in [1.82, 2.24) is 0 Å². The van der Waals surface area contributed by atoms with Crippen LogP contribution in [0.2, 0.25) is 5.02 Å². The van der Waals surface area contributed by atoms with E-state index in [2.05, 4.69) is 12.2 Å². The number of imide groups is 1. The Bertz CT molecular complexity index is 811. The molecule has 5 nitrogen and oxygen atoms in total. The lowest BCUT2D eigenvalue weighted by Gasteiger charge is -2.37. The fourth-order valence-electron chi connectivity index (χ4n) is 5.03. The van der Waals surface area contributed by atoms with Crippen LogP contribution in [0.5, 0.6) is 0 Å². The highest BCUT2D eigenvalue weighted by atomic mass is 35.5. The van der Waals surface area contributed by atoms with Gasteiger partial charge in [0.2, 0.25) is 11.8 Å². The number of carbonyl (C=O) groups excluding carboxylic acids is 2. The van der Waals surface area contributed by atoms with Crippen LogP contribution < -0.4 is 4.90 Å². The number of nitrogens with zero attached hydrogens (tertiary/aromatic N) is 1. The third kappa shape index (κ3) is 1.63. The van der Waals surface area contributed by atoms with E-state index in [1.54, 1.807) is 0 Å². The average Bonchev–Trinajstić information content (AvgIpc) is 3.33. The van der Waals surface area contributed by atoms with E-state index in [0.717, 1.165) is 6.42 Å². The van der Waals surface area contributed by atoms with Crippen molar-refractivity contribution in [2.75, 3.05) is 4.90 Å². The maximum absolute atomic E-state index is 13.0. The summed E-state index contributed by atoms with van der Waals surface area (Å²) in [4.78, 5) is 38.4. The van der Waals surface area contributed by atoms with Gasteiger partial charge in [-0.1, -0.05) is 23.8 Å². The maximum atomic E-state index is 13.0. The fraction of sp³-hybridized carbons (Fsp3) is 0.389. The van der Waals surface area contributed by atoms with Gasteiger partial charge >= 0.3 is 5.97 Å². The topological polar surface area (TPSA) is 74.7 Å². The van der Waals surface area contributed by atoms with Crippen LogP contribution >= 0.6 is 11.6 Å². The Morgan fingerprint density at radius 1 is 1.08 bits per heavy atom. The van der Waals surface area contributed by atoms with Gasteiger partial charge in [0.25, 0.3) is 0 Å². The minimum absolute atomic E-state index is 0.0886. The summed E-state index contributed by atoms with van der Waals surface area (Å²) in [5, 5.41) is 9.31. The minimum Gasteiger partial charge on any atom is -0.478 e. The predicted octanol–water partition coefficient (Wildman–Crippen LogP) is 2.60. The molecular weight excluding hydrogens is 330 g/mol. The molecule has 122 valence electrons. The average molecular weight is 344 g/mol. The van der Waals surface area contributed by atoms with Crippen molar-refractivity contribution < 1.29 is 19.5 Å². The normalized spacial score (nSPS) is 38.3. The fourth-order valence-corrected chi connectivity index (χ4v) is 5.23. The first-order chi connectivity index (χ1) is 11.5. The molecule has 1 heterocycles. The highest BCUT2D eigenvalue weighted by Gasteiger charge is 2.67. The van der Waals surface area contributed by atoms with Gasteiger partial charge < -0.3 is 5.11 Å². The molecule has 1 aromatic rings. The lowest BCUT2D eigenvalue weighted by Crippen LogP contribution is -2.40. The van der Waals surface area contributed by atoms with Gasteiger partial charge in [-0.05, 0) is 48.3 Å². The molecule has 4 aliphatic carbocycles. The number of halogens is 1. The Labute approximate surface area is 142 Å². The minimum atomic E-state index is -1.18. The predicted molar refractivity (Wildman–Crippen MR) is 85.6 cm³/mol. The Morgan fingerprint density at radius 3 is 2.21 bits per heavy atom. The van der Waals surface area contributed by atoms with E-state index < -0.39 is 5.97 Å². The zero-order valence-corrected chi connectivity index (χ0v) is 13.3. The van der Waals surface area contributed by atoms with E-state index in [0.29, 0.717) is 17.5 Å². The second kappa shape index (κ2) is 4.48. The van der Waals surface area contributed by atoms with Crippen LogP contribution in [0, 0.1) is 35.5 Å². The molecule has 1 aromatic carbocycles. The van der Waals surface area contributed by atoms with Gasteiger partial charge in [0.1, 0.15) is 0 Å². The van der Waals surface area contributed by atoms with Crippen molar-refractivity contribution in [3.63, 3.8) is 0 Å². The van der Waals surface area contributed by atoms with Gasteiger partial charge in [-0.25, -0.2) is 9.69 Å². The first kappa shape index (κ1) is 14.2. The number of hydrogen-bond donors (Lipinski definition) is 1. The van der Waals surface area contributed by atoms with Crippen LogP contribution in [-0.4, -0.2) is 22.9 Å². The summed E-state index contributed by atoms with van der Waals surface area (Å²) < 4.78 is 0. The van der Waals surface area contributed by atoms with E-state index in [4.69, 9.17) is 11.6 Å². The largest absolute Gasteiger partial charge is 0.478 e. The zero-order valence-electron chi connectivity index (χ0n) is 12.6. The molecule has 2 bridgehead atoms. The Balaban J connectivity index is 1.57. The number of amides is 2. The van der Waals surface area contributed by atoms with Gasteiger partial charge in [-0.15, -0.1) is 0 Å². The summed E-state index contributed by atoms with van der Waals surface area (Å²) in [5.41, 5.74) is 0.197. The molecule has 0 unspecified atom stereocenters. The van der Waals surface area contributed by atoms with Crippen LogP contribution in [0.3, 0.4) is 0 Å². The molecule has 6 rings (SSSR count). The molecule has 0 aromatic heterocycles. The molecule has 1 N–H and O–H groups in total. The molecule has 0 radical (unpaired) electrons. The number of carboxylic acids is 1. The highest BCUT2D eigenvalue weighted by Crippen LogP contribution is 2.65. The Morgan fingerprint density at radius 2 is 1.67 bits per heavy atom. The molecule has 5 aliphatic rings. The van der Waals surface area contributed by atoms with Crippen LogP contribution in [0.25, 0.3) is 0 Å². The molecule has 2 saturated carbocycles. The van der Waals surface area contributed by atoms with Crippen LogP contribution in [0.1, 0.15) is 16.8 Å². The van der Waals surface area contributed by atoms with Gasteiger partial charge in [-0.2, -0.15) is 0 Å². The molecular formula is C18H14ClNO4. The molecule has 3 fully saturated rings. The number of benzene rings is 1. The zero-order chi connectivity index (χ0) is 16.7. The highest BCUT2D eigenvalue weighted by molar-refractivity contribution is 6.34. The first-order valence-corrected chi connectivity index (χ1v) is 8.46. The molecule has 24 heavy (non-hydrogen) atoms. The molecule has 6 atom stereocenters. The van der Waals surface area contributed by atoms with Crippen molar-refractivity contribution >= 4 is 35.1 Å². The summed E-state index contributed by atoms with van der Waals surface area (Å²) in [7, 11) is 0. The van der Waals surface area contributed by atoms with E-state index in [1.807, 2.05) is 0 Å². The number of allylic oxidation sites excluding steroid dienone is 2. The lowest BCUT2D eigenvalue weighted by atomic mass is 9.63. The van der Waals surface area contributed by atoms with Crippen LogP contribution in [-0.2, 0) is 9.59 Å². The Hall–Kier alpha value is -2.14. The van der Waals surface area contributed by atoms with Crippen molar-refractivity contribution in [3.05, 3.63) is 40.9 Å². The molecule has 6 heteroatoms. The third-order valence-corrected chi connectivity index (χ3v) is 6.43. The molecule has 2 amide bonds. The van der Waals surface area contributed by atoms with Crippen molar-refractivity contribution in [1.29, 1.82) is 0 Å². The van der Waals surface area contributed by atoms with Gasteiger partial charge in [0, 0.05) is 0 Å². The van der Waals surface area contributed by atoms with Crippen molar-refractivity contribution in [2.24, 2.45) is 35.5 Å². The number of carbonyl (C=O) groups is 3. The number of carboxylic acid groups (broad SMARTS) is 1. The van der Waals surface area contributed by atoms with E-state index >= 15 is 0 Å². The van der Waals surface area contributed by atoms with E-state index in [9.17, 15) is 19.5 Å². The second-order valence-electron chi connectivity index (χ2n) is 7.14. The third-order valence-electron chi connectivity index (χ3n) is 6.10. The van der Waals surface area contributed by atoms with Gasteiger partial charge in [0.05, 0.1) is 28.1 Å². The molecule has 1 saturated heterocycles. The number of hydrogen-bond acceptors (Lipinski definition) is 3. The second-order valence-corrected chi connectivity index (χ2v) is 7.54. The molecule has 0 spiro atoms. The van der Waals surface area contributed by atoms with E-state index in [1.165, 1.54) is 23.1 Å². The Kier molecular flexibility index (Phi) is 2.65. The number of rotatable bonds is 2. The van der Waals surface area contributed by atoms with E-state index in [-0.39, 0.29) is 46.1 Å². The number of aromatic carboxylic acids is 1. The van der Waals surface area contributed by atoms with Crippen LogP contribution in [0.4, 0.5) is 5.69 Å². The quantitative estimate of drug-likeness (QED) is 0.661. The summed E-state index contributed by atoms with van der Waals surface area (Å²) in [6.45, 7) is 0. The van der Waals surface area contributed by atoms with Crippen molar-refractivity contribution in [2.45, 2.75) is 6.42 Å².